The normalized spacial score (nSPS) is 10.7. The topological polar surface area (TPSA) is 66.9 Å². The number of hydrogen-bond donors (Lipinski definition) is 2. The summed E-state index contributed by atoms with van der Waals surface area (Å²) in [6, 6.07) is 19.5. The smallest absolute Gasteiger partial charge is 0.252 e. The van der Waals surface area contributed by atoms with Crippen LogP contribution in [0.25, 0.3) is 10.9 Å². The molecule has 0 unspecified atom stereocenters. The highest BCUT2D eigenvalue weighted by molar-refractivity contribution is 6.07. The first kappa shape index (κ1) is 18.6. The van der Waals surface area contributed by atoms with Gasteiger partial charge in [-0.25, -0.2) is 4.98 Å². The number of carbonyl (C=O) groups excluding carboxylic acids is 1. The van der Waals surface area contributed by atoms with Crippen molar-refractivity contribution >= 4 is 28.3 Å². The molecule has 0 radical (unpaired) electrons. The van der Waals surface area contributed by atoms with Crippen LogP contribution in [-0.2, 0) is 6.54 Å². The van der Waals surface area contributed by atoms with Gasteiger partial charge in [0.15, 0.2) is 0 Å². The van der Waals surface area contributed by atoms with Gasteiger partial charge in [0.2, 0.25) is 0 Å². The number of nitrogens with one attached hydrogen (secondary N) is 2. The molecule has 1 amide bonds. The van der Waals surface area contributed by atoms with E-state index < -0.39 is 0 Å². The lowest BCUT2D eigenvalue weighted by atomic mass is 10.1. The van der Waals surface area contributed by atoms with Gasteiger partial charge < -0.3 is 10.6 Å². The summed E-state index contributed by atoms with van der Waals surface area (Å²) in [5, 5.41) is 7.15. The Labute approximate surface area is 169 Å². The molecule has 0 aliphatic heterocycles. The molecule has 0 saturated heterocycles. The average Bonchev–Trinajstić information content (AvgIpc) is 2.71. The van der Waals surface area contributed by atoms with E-state index in [0.29, 0.717) is 17.9 Å². The van der Waals surface area contributed by atoms with Crippen LogP contribution in [-0.4, -0.2) is 15.9 Å². The predicted molar refractivity (Wildman–Crippen MR) is 116 cm³/mol. The van der Waals surface area contributed by atoms with Gasteiger partial charge in [-0.05, 0) is 60.9 Å². The first-order chi connectivity index (χ1) is 14.1. The third-order valence-corrected chi connectivity index (χ3v) is 4.63. The Morgan fingerprint density at radius 3 is 2.52 bits per heavy atom. The third-order valence-electron chi connectivity index (χ3n) is 4.63. The number of fused-ring (bicyclic) bond motifs is 1. The lowest BCUT2D eigenvalue weighted by molar-refractivity contribution is 0.0952. The number of para-hydroxylation sites is 1. The largest absolute Gasteiger partial charge is 0.348 e. The summed E-state index contributed by atoms with van der Waals surface area (Å²) < 4.78 is 0. The van der Waals surface area contributed by atoms with Gasteiger partial charge in [0.1, 0.15) is 5.82 Å². The Hall–Kier alpha value is -3.73. The molecular formula is C24H22N4O. The molecule has 0 atom stereocenters. The van der Waals surface area contributed by atoms with E-state index in [2.05, 4.69) is 47.7 Å². The lowest BCUT2D eigenvalue weighted by Gasteiger charge is -2.12. The van der Waals surface area contributed by atoms with Crippen molar-refractivity contribution in [2.45, 2.75) is 20.4 Å². The van der Waals surface area contributed by atoms with Crippen LogP contribution >= 0.6 is 0 Å². The number of aryl methyl sites for hydroxylation is 2. The van der Waals surface area contributed by atoms with Crippen LogP contribution in [0.2, 0.25) is 0 Å². The summed E-state index contributed by atoms with van der Waals surface area (Å²) in [4.78, 5) is 21.7. The van der Waals surface area contributed by atoms with Crippen LogP contribution in [0.1, 0.15) is 27.0 Å². The SMILES string of the molecule is Cc1cc(C)cc(Nc2cc(C(=O)NCc3cccnc3)c3ccccc3n2)c1. The average molecular weight is 382 g/mol. The Balaban J connectivity index is 1.66. The van der Waals surface area contributed by atoms with E-state index in [0.717, 1.165) is 22.2 Å². The summed E-state index contributed by atoms with van der Waals surface area (Å²) in [6.07, 6.45) is 3.46. The molecule has 5 heteroatoms. The van der Waals surface area contributed by atoms with Crippen LogP contribution in [0.15, 0.2) is 73.1 Å². The highest BCUT2D eigenvalue weighted by Crippen LogP contribution is 2.24. The highest BCUT2D eigenvalue weighted by atomic mass is 16.1. The molecule has 29 heavy (non-hydrogen) atoms. The molecule has 0 aliphatic carbocycles. The maximum absolute atomic E-state index is 13.0. The molecule has 0 aliphatic rings. The number of benzene rings is 2. The summed E-state index contributed by atoms with van der Waals surface area (Å²) >= 11 is 0. The predicted octanol–water partition coefficient (Wildman–Crippen LogP) is 4.92. The minimum absolute atomic E-state index is 0.143. The standard InChI is InChI=1S/C24H22N4O/c1-16-10-17(2)12-19(11-16)27-23-13-21(20-7-3-4-8-22(20)28-23)24(29)26-15-18-6-5-9-25-14-18/h3-14H,15H2,1-2H3,(H,26,29)(H,27,28). The molecule has 0 spiro atoms. The quantitative estimate of drug-likeness (QED) is 0.514. The van der Waals surface area contributed by atoms with E-state index in [-0.39, 0.29) is 5.91 Å². The van der Waals surface area contributed by atoms with Gasteiger partial charge in [0.25, 0.3) is 5.91 Å². The monoisotopic (exact) mass is 382 g/mol. The third kappa shape index (κ3) is 4.41. The molecule has 2 heterocycles. The molecule has 0 fully saturated rings. The molecule has 5 nitrogen and oxygen atoms in total. The molecule has 4 aromatic rings. The van der Waals surface area contributed by atoms with Crippen molar-refractivity contribution in [2.24, 2.45) is 0 Å². The van der Waals surface area contributed by atoms with Crippen molar-refractivity contribution in [1.82, 2.24) is 15.3 Å². The second kappa shape index (κ2) is 8.10. The van der Waals surface area contributed by atoms with Crippen molar-refractivity contribution < 1.29 is 4.79 Å². The first-order valence-corrected chi connectivity index (χ1v) is 9.51. The van der Waals surface area contributed by atoms with Gasteiger partial charge in [-0.15, -0.1) is 0 Å². The van der Waals surface area contributed by atoms with Crippen LogP contribution in [0.5, 0.6) is 0 Å². The molecular weight excluding hydrogens is 360 g/mol. The second-order valence-corrected chi connectivity index (χ2v) is 7.12. The van der Waals surface area contributed by atoms with Gasteiger partial charge in [0.05, 0.1) is 11.1 Å². The van der Waals surface area contributed by atoms with Crippen LogP contribution < -0.4 is 10.6 Å². The minimum Gasteiger partial charge on any atom is -0.348 e. The van der Waals surface area contributed by atoms with Gasteiger partial charge in [0, 0.05) is 30.0 Å². The Bertz CT molecular complexity index is 1150. The molecule has 0 saturated carbocycles. The number of hydrogen-bond acceptors (Lipinski definition) is 4. The van der Waals surface area contributed by atoms with Gasteiger partial charge in [-0.2, -0.15) is 0 Å². The number of aromatic nitrogens is 2. The number of rotatable bonds is 5. The molecule has 2 aromatic carbocycles. The van der Waals surface area contributed by atoms with Crippen molar-refractivity contribution in [1.29, 1.82) is 0 Å². The fourth-order valence-corrected chi connectivity index (χ4v) is 3.40. The molecule has 0 bridgehead atoms. The van der Waals surface area contributed by atoms with E-state index in [1.807, 2.05) is 36.4 Å². The second-order valence-electron chi connectivity index (χ2n) is 7.12. The molecule has 2 aromatic heterocycles. The Morgan fingerprint density at radius 2 is 1.76 bits per heavy atom. The van der Waals surface area contributed by atoms with Gasteiger partial charge in [-0.3, -0.25) is 9.78 Å². The lowest BCUT2D eigenvalue weighted by Crippen LogP contribution is -2.23. The maximum atomic E-state index is 13.0. The van der Waals surface area contributed by atoms with Gasteiger partial charge >= 0.3 is 0 Å². The number of pyridine rings is 2. The minimum atomic E-state index is -0.143. The molecule has 144 valence electrons. The van der Waals surface area contributed by atoms with Crippen LogP contribution in [0.3, 0.4) is 0 Å². The summed E-state index contributed by atoms with van der Waals surface area (Å²) in [7, 11) is 0. The Kier molecular flexibility index (Phi) is 5.20. The zero-order chi connectivity index (χ0) is 20.2. The maximum Gasteiger partial charge on any atom is 0.252 e. The first-order valence-electron chi connectivity index (χ1n) is 9.51. The van der Waals surface area contributed by atoms with E-state index in [1.54, 1.807) is 18.5 Å². The summed E-state index contributed by atoms with van der Waals surface area (Å²) in [5.41, 5.74) is 5.60. The van der Waals surface area contributed by atoms with E-state index in [4.69, 9.17) is 4.98 Å². The van der Waals surface area contributed by atoms with Crippen molar-refractivity contribution in [2.75, 3.05) is 5.32 Å². The van der Waals surface area contributed by atoms with Crippen molar-refractivity contribution in [3.8, 4) is 0 Å². The van der Waals surface area contributed by atoms with E-state index >= 15 is 0 Å². The number of nitrogens with zero attached hydrogens (tertiary/aromatic N) is 2. The highest BCUT2D eigenvalue weighted by Gasteiger charge is 2.13. The number of anilines is 2. The fourth-order valence-electron chi connectivity index (χ4n) is 3.40. The number of carbonyl (C=O) groups is 1. The zero-order valence-corrected chi connectivity index (χ0v) is 16.4. The Morgan fingerprint density at radius 1 is 0.966 bits per heavy atom. The van der Waals surface area contributed by atoms with Crippen LogP contribution in [0, 0.1) is 13.8 Å². The van der Waals surface area contributed by atoms with Crippen molar-refractivity contribution in [3.05, 3.63) is 95.3 Å². The van der Waals surface area contributed by atoms with E-state index in [1.165, 1.54) is 11.1 Å². The molecule has 4 rings (SSSR count). The number of amides is 1. The van der Waals surface area contributed by atoms with E-state index in [9.17, 15) is 4.79 Å². The zero-order valence-electron chi connectivity index (χ0n) is 16.4. The van der Waals surface area contributed by atoms with Crippen LogP contribution in [0.4, 0.5) is 11.5 Å². The van der Waals surface area contributed by atoms with Gasteiger partial charge in [-0.1, -0.05) is 30.3 Å². The summed E-state index contributed by atoms with van der Waals surface area (Å²) in [5.74, 6) is 0.496. The fraction of sp³-hybridized carbons (Fsp3) is 0.125. The molecule has 2 N–H and O–H groups in total. The van der Waals surface area contributed by atoms with Crippen molar-refractivity contribution in [3.63, 3.8) is 0 Å². The summed E-state index contributed by atoms with van der Waals surface area (Å²) in [6.45, 7) is 4.54.